The normalized spacial score (nSPS) is 17.8. The van der Waals surface area contributed by atoms with Crippen molar-refractivity contribution in [1.82, 2.24) is 9.88 Å². The number of hydrogen-bond acceptors (Lipinski definition) is 9. The number of hydrogen-bond donors (Lipinski definition) is 1. The Morgan fingerprint density at radius 1 is 1.12 bits per heavy atom. The average Bonchev–Trinajstić information content (AvgIpc) is 3.31. The number of carbonyl (C=O) groups excluding carboxylic acids is 2. The summed E-state index contributed by atoms with van der Waals surface area (Å²) in [5.41, 5.74) is 0.451. The molecule has 10 heteroatoms. The van der Waals surface area contributed by atoms with Crippen molar-refractivity contribution in [3.8, 4) is 17.4 Å². The van der Waals surface area contributed by atoms with Crippen LogP contribution in [0.15, 0.2) is 24.3 Å². The first-order valence-electron chi connectivity index (χ1n) is 13.5. The highest BCUT2D eigenvalue weighted by atomic mass is 16.6. The van der Waals surface area contributed by atoms with E-state index in [0.717, 1.165) is 10.9 Å². The number of likely N-dealkylation sites (tertiary alicyclic amines) is 1. The van der Waals surface area contributed by atoms with Crippen LogP contribution in [0, 0.1) is 5.41 Å². The Labute approximate surface area is 236 Å². The van der Waals surface area contributed by atoms with Crippen LogP contribution >= 0.6 is 0 Å². The predicted octanol–water partition coefficient (Wildman–Crippen LogP) is 4.99. The van der Waals surface area contributed by atoms with E-state index in [9.17, 15) is 14.7 Å². The first-order valence-corrected chi connectivity index (χ1v) is 13.5. The molecule has 3 rings (SSSR count). The molecule has 2 atom stereocenters. The van der Waals surface area contributed by atoms with Gasteiger partial charge in [-0.25, -0.2) is 14.6 Å². The molecule has 1 aliphatic rings. The highest BCUT2D eigenvalue weighted by Crippen LogP contribution is 2.36. The molecule has 1 aromatic heterocycles. The summed E-state index contributed by atoms with van der Waals surface area (Å²) >= 11 is 0. The van der Waals surface area contributed by atoms with Crippen LogP contribution in [0.1, 0.15) is 59.9 Å². The lowest BCUT2D eigenvalue weighted by molar-refractivity contribution is -0.145. The van der Waals surface area contributed by atoms with Crippen LogP contribution in [0.5, 0.6) is 17.4 Å². The Hall–Kier alpha value is -3.53. The van der Waals surface area contributed by atoms with Crippen molar-refractivity contribution in [2.45, 2.75) is 72.1 Å². The number of ether oxygens (including phenoxy) is 5. The minimum Gasteiger partial charge on any atom is -0.496 e. The summed E-state index contributed by atoms with van der Waals surface area (Å²) in [5.74, 6) is 0.975. The first-order chi connectivity index (χ1) is 18.8. The van der Waals surface area contributed by atoms with Gasteiger partial charge in [-0.05, 0) is 45.6 Å². The number of carbonyl (C=O) groups is 2. The van der Waals surface area contributed by atoms with Crippen molar-refractivity contribution >= 4 is 29.0 Å². The topological polar surface area (TPSA) is 117 Å². The van der Waals surface area contributed by atoms with Gasteiger partial charge in [0, 0.05) is 36.1 Å². The number of benzene rings is 1. The molecule has 1 aliphatic heterocycles. The number of pyridine rings is 1. The Kier molecular flexibility index (Phi) is 9.89. The van der Waals surface area contributed by atoms with Crippen molar-refractivity contribution in [2.24, 2.45) is 5.41 Å². The molecule has 0 saturated carbocycles. The largest absolute Gasteiger partial charge is 0.496 e. The van der Waals surface area contributed by atoms with Gasteiger partial charge in [0.2, 0.25) is 5.88 Å². The summed E-state index contributed by atoms with van der Waals surface area (Å²) in [6.07, 6.45) is 3.74. The van der Waals surface area contributed by atoms with Gasteiger partial charge < -0.3 is 28.8 Å². The maximum Gasteiger partial charge on any atom is 0.411 e. The van der Waals surface area contributed by atoms with Crippen molar-refractivity contribution in [1.29, 1.82) is 0 Å². The second-order valence-electron chi connectivity index (χ2n) is 11.6. The maximum absolute atomic E-state index is 12.9. The number of amides is 1. The lowest BCUT2D eigenvalue weighted by atomic mass is 9.90. The monoisotopic (exact) mass is 558 g/mol. The molecule has 0 bridgehead atoms. The highest BCUT2D eigenvalue weighted by Gasteiger charge is 2.43. The van der Waals surface area contributed by atoms with Crippen LogP contribution in [-0.4, -0.2) is 78.8 Å². The van der Waals surface area contributed by atoms with Crippen molar-refractivity contribution in [3.05, 3.63) is 29.8 Å². The third kappa shape index (κ3) is 7.78. The molecule has 2 aromatic rings. The molecule has 40 heavy (non-hydrogen) atoms. The van der Waals surface area contributed by atoms with Gasteiger partial charge >= 0.3 is 12.1 Å². The maximum atomic E-state index is 12.9. The Bertz CT molecular complexity index is 1230. The van der Waals surface area contributed by atoms with Gasteiger partial charge in [-0.15, -0.1) is 0 Å². The summed E-state index contributed by atoms with van der Waals surface area (Å²) in [6, 6.07) is 4.62. The molecule has 10 nitrogen and oxygen atoms in total. The number of rotatable bonds is 10. The van der Waals surface area contributed by atoms with E-state index in [1.54, 1.807) is 33.9 Å². The molecule has 1 saturated heterocycles. The molecular formula is C30H42N2O8. The number of fused-ring (bicyclic) bond motifs is 1. The Morgan fingerprint density at radius 2 is 1.85 bits per heavy atom. The fourth-order valence-corrected chi connectivity index (χ4v) is 4.36. The van der Waals surface area contributed by atoms with E-state index in [1.807, 2.05) is 45.1 Å². The van der Waals surface area contributed by atoms with Gasteiger partial charge in [0.25, 0.3) is 0 Å². The van der Waals surface area contributed by atoms with E-state index in [2.05, 4.69) is 4.98 Å². The van der Waals surface area contributed by atoms with E-state index in [0.29, 0.717) is 35.9 Å². The van der Waals surface area contributed by atoms with Gasteiger partial charge in [-0.1, -0.05) is 26.0 Å². The number of methoxy groups -OCH3 is 2. The fourth-order valence-electron chi connectivity index (χ4n) is 4.36. The summed E-state index contributed by atoms with van der Waals surface area (Å²) in [7, 11) is 2.88. The smallest absolute Gasteiger partial charge is 0.411 e. The molecule has 220 valence electrons. The standard InChI is InChI=1S/C30H42N2O8/c1-9-38-26-16-25(39-20-14-23(27(34)37-8)32(17-20)28(35)40-29(2,3)4)21-13-19(11-10-12-30(5,6)18-33)24(36-7)15-22(21)31-26/h10-11,13,15-16,20,23,33H,9,12,14,17-18H2,1-8H3/t20-,23+/m1/s1. The van der Waals surface area contributed by atoms with Gasteiger partial charge in [0.1, 0.15) is 29.2 Å². The molecule has 1 fully saturated rings. The molecule has 1 N–H and O–H groups in total. The molecule has 0 radical (unpaired) electrons. The van der Waals surface area contributed by atoms with Crippen molar-refractivity contribution < 1.29 is 38.4 Å². The van der Waals surface area contributed by atoms with Gasteiger partial charge in [-0.2, -0.15) is 0 Å². The van der Waals surface area contributed by atoms with Crippen LogP contribution < -0.4 is 14.2 Å². The molecule has 0 aliphatic carbocycles. The van der Waals surface area contributed by atoms with Crippen LogP contribution in [0.25, 0.3) is 17.0 Å². The summed E-state index contributed by atoms with van der Waals surface area (Å²) in [6.45, 7) is 11.8. The minimum absolute atomic E-state index is 0.0720. The zero-order valence-corrected chi connectivity index (χ0v) is 24.8. The summed E-state index contributed by atoms with van der Waals surface area (Å²) in [5, 5.41) is 10.3. The van der Waals surface area contributed by atoms with Gasteiger partial charge in [-0.3, -0.25) is 4.90 Å². The zero-order valence-electron chi connectivity index (χ0n) is 24.8. The molecule has 0 spiro atoms. The van der Waals surface area contributed by atoms with E-state index in [1.165, 1.54) is 12.0 Å². The van der Waals surface area contributed by atoms with Crippen LogP contribution in [-0.2, 0) is 14.3 Å². The van der Waals surface area contributed by atoms with E-state index < -0.39 is 29.8 Å². The summed E-state index contributed by atoms with van der Waals surface area (Å²) < 4.78 is 28.3. The number of aliphatic hydroxyl groups excluding tert-OH is 1. The molecule has 0 unspecified atom stereocenters. The molecular weight excluding hydrogens is 516 g/mol. The highest BCUT2D eigenvalue weighted by molar-refractivity contribution is 5.90. The number of aromatic nitrogens is 1. The molecule has 1 aromatic carbocycles. The van der Waals surface area contributed by atoms with Crippen molar-refractivity contribution in [3.63, 3.8) is 0 Å². The van der Waals surface area contributed by atoms with E-state index in [4.69, 9.17) is 23.7 Å². The second-order valence-corrected chi connectivity index (χ2v) is 11.6. The van der Waals surface area contributed by atoms with Gasteiger partial charge in [0.05, 0.1) is 32.9 Å². The number of allylic oxidation sites excluding steroid dienone is 1. The van der Waals surface area contributed by atoms with Crippen LogP contribution in [0.3, 0.4) is 0 Å². The van der Waals surface area contributed by atoms with Crippen LogP contribution in [0.4, 0.5) is 4.79 Å². The van der Waals surface area contributed by atoms with Crippen LogP contribution in [0.2, 0.25) is 0 Å². The third-order valence-corrected chi connectivity index (χ3v) is 6.44. The Balaban J connectivity index is 2.00. The zero-order chi connectivity index (χ0) is 29.7. The third-order valence-electron chi connectivity index (χ3n) is 6.44. The SMILES string of the molecule is CCOc1cc(O[C@@H]2C[C@@H](C(=O)OC)N(C(=O)OC(C)(C)C)C2)c2cc(C=CCC(C)(C)CO)c(OC)cc2n1. The fraction of sp³-hybridized carbons (Fsp3) is 0.567. The lowest BCUT2D eigenvalue weighted by Gasteiger charge is -2.27. The average molecular weight is 559 g/mol. The van der Waals surface area contributed by atoms with E-state index >= 15 is 0 Å². The van der Waals surface area contributed by atoms with E-state index in [-0.39, 0.29) is 25.0 Å². The minimum atomic E-state index is -0.835. The van der Waals surface area contributed by atoms with Crippen molar-refractivity contribution in [2.75, 3.05) is 34.0 Å². The van der Waals surface area contributed by atoms with Gasteiger partial charge in [0.15, 0.2) is 0 Å². The number of nitrogens with zero attached hydrogens (tertiary/aromatic N) is 2. The molecule has 1 amide bonds. The quantitative estimate of drug-likeness (QED) is 0.402. The lowest BCUT2D eigenvalue weighted by Crippen LogP contribution is -2.44. The molecule has 2 heterocycles. The number of aliphatic hydroxyl groups is 1. The Morgan fingerprint density at radius 3 is 2.45 bits per heavy atom. The summed E-state index contributed by atoms with van der Waals surface area (Å²) in [4.78, 5) is 31.5. The second kappa shape index (κ2) is 12.8. The first kappa shape index (κ1) is 31.0. The predicted molar refractivity (Wildman–Crippen MR) is 152 cm³/mol. The number of esters is 1.